The number of hydrogen-bond donors (Lipinski definition) is 0. The highest BCUT2D eigenvalue weighted by molar-refractivity contribution is 9.10. The Morgan fingerprint density at radius 1 is 1.05 bits per heavy atom. The minimum Gasteiger partial charge on any atom is -0.294 e. The summed E-state index contributed by atoms with van der Waals surface area (Å²) >= 11 is 3.28. The van der Waals surface area contributed by atoms with Crippen LogP contribution in [0.2, 0.25) is 0 Å². The molecule has 2 aromatic carbocycles. The maximum atomic E-state index is 12.6. The molecule has 0 amide bonds. The molecule has 0 unspecified atom stereocenters. The number of hydrogen-bond acceptors (Lipinski definition) is 1. The Kier molecular flexibility index (Phi) is 4.28. The van der Waals surface area contributed by atoms with Gasteiger partial charge < -0.3 is 0 Å². The van der Waals surface area contributed by atoms with Crippen LogP contribution in [0.3, 0.4) is 0 Å². The molecule has 1 nitrogen and oxygen atoms in total. The van der Waals surface area contributed by atoms with Gasteiger partial charge in [-0.1, -0.05) is 40.2 Å². The first-order chi connectivity index (χ1) is 9.36. The molecule has 2 rings (SSSR count). The number of benzene rings is 2. The third kappa shape index (κ3) is 3.70. The van der Waals surface area contributed by atoms with E-state index in [1.807, 2.05) is 0 Å². The average molecular weight is 343 g/mol. The van der Waals surface area contributed by atoms with Crippen molar-refractivity contribution < 1.29 is 18.0 Å². The van der Waals surface area contributed by atoms with Crippen molar-refractivity contribution in [2.45, 2.75) is 12.6 Å². The molecule has 0 radical (unpaired) electrons. The molecular weight excluding hydrogens is 333 g/mol. The Morgan fingerprint density at radius 3 is 2.30 bits per heavy atom. The van der Waals surface area contributed by atoms with E-state index in [0.717, 1.165) is 22.2 Å². The smallest absolute Gasteiger partial charge is 0.294 e. The fraction of sp³-hybridized carbons (Fsp3) is 0.133. The monoisotopic (exact) mass is 342 g/mol. The highest BCUT2D eigenvalue weighted by atomic mass is 79.9. The van der Waals surface area contributed by atoms with Crippen LogP contribution in [0.4, 0.5) is 13.2 Å². The van der Waals surface area contributed by atoms with Crippen LogP contribution in [0.15, 0.2) is 53.0 Å². The summed E-state index contributed by atoms with van der Waals surface area (Å²) in [6, 6.07) is 11.6. The predicted molar refractivity (Wildman–Crippen MR) is 73.6 cm³/mol. The fourth-order valence-electron chi connectivity index (χ4n) is 1.76. The van der Waals surface area contributed by atoms with Gasteiger partial charge in [0.15, 0.2) is 5.78 Å². The van der Waals surface area contributed by atoms with Crippen molar-refractivity contribution in [3.8, 4) is 0 Å². The van der Waals surface area contributed by atoms with E-state index in [4.69, 9.17) is 0 Å². The van der Waals surface area contributed by atoms with Crippen LogP contribution in [-0.2, 0) is 12.6 Å². The molecule has 0 aliphatic heterocycles. The summed E-state index contributed by atoms with van der Waals surface area (Å²) in [7, 11) is 0. The molecule has 0 N–H and O–H groups in total. The summed E-state index contributed by atoms with van der Waals surface area (Å²) in [6.45, 7) is 0. The number of rotatable bonds is 3. The minimum absolute atomic E-state index is 0.0720. The molecule has 0 heterocycles. The number of carbonyl (C=O) groups excluding carboxylic acids is 1. The topological polar surface area (TPSA) is 17.1 Å². The normalized spacial score (nSPS) is 11.4. The van der Waals surface area contributed by atoms with Gasteiger partial charge in [-0.15, -0.1) is 0 Å². The second-order valence-corrected chi connectivity index (χ2v) is 5.22. The molecule has 0 fully saturated rings. The standard InChI is InChI=1S/C15H10BrF3O/c16-13-6-4-10(5-7-13)8-14(20)11-2-1-3-12(9-11)15(17,18)19/h1-7,9H,8H2. The lowest BCUT2D eigenvalue weighted by atomic mass is 10.0. The number of alkyl halides is 3. The number of Topliss-reactive ketones (excluding diaryl/α,β-unsaturated/α-hetero) is 1. The van der Waals surface area contributed by atoms with E-state index in [2.05, 4.69) is 15.9 Å². The molecule has 0 atom stereocenters. The van der Waals surface area contributed by atoms with Crippen molar-refractivity contribution in [2.24, 2.45) is 0 Å². The van der Waals surface area contributed by atoms with E-state index in [0.29, 0.717) is 0 Å². The lowest BCUT2D eigenvalue weighted by Crippen LogP contribution is -2.08. The first-order valence-corrected chi connectivity index (χ1v) is 6.60. The Hall–Kier alpha value is -1.62. The van der Waals surface area contributed by atoms with Gasteiger partial charge in [-0.05, 0) is 29.8 Å². The lowest BCUT2D eigenvalue weighted by molar-refractivity contribution is -0.137. The van der Waals surface area contributed by atoms with Gasteiger partial charge >= 0.3 is 6.18 Å². The molecule has 0 spiro atoms. The van der Waals surface area contributed by atoms with Crippen LogP contribution in [0.25, 0.3) is 0 Å². The van der Waals surface area contributed by atoms with E-state index < -0.39 is 11.7 Å². The Labute approximate surface area is 122 Å². The van der Waals surface area contributed by atoms with Crippen molar-refractivity contribution in [1.82, 2.24) is 0 Å². The van der Waals surface area contributed by atoms with E-state index in [1.165, 1.54) is 12.1 Å². The molecule has 0 bridgehead atoms. The molecule has 20 heavy (non-hydrogen) atoms. The Balaban J connectivity index is 2.19. The van der Waals surface area contributed by atoms with Crippen LogP contribution in [0.1, 0.15) is 21.5 Å². The van der Waals surface area contributed by atoms with E-state index >= 15 is 0 Å². The van der Waals surface area contributed by atoms with E-state index in [1.54, 1.807) is 24.3 Å². The zero-order valence-corrected chi connectivity index (χ0v) is 11.8. The summed E-state index contributed by atoms with van der Waals surface area (Å²) in [5.74, 6) is -0.335. The van der Waals surface area contributed by atoms with Crippen molar-refractivity contribution in [3.05, 3.63) is 69.7 Å². The summed E-state index contributed by atoms with van der Waals surface area (Å²) < 4.78 is 38.6. The predicted octanol–water partition coefficient (Wildman–Crippen LogP) is 4.89. The van der Waals surface area contributed by atoms with Crippen molar-refractivity contribution in [2.75, 3.05) is 0 Å². The first kappa shape index (κ1) is 14.8. The first-order valence-electron chi connectivity index (χ1n) is 5.81. The zero-order valence-electron chi connectivity index (χ0n) is 10.2. The molecule has 5 heteroatoms. The molecule has 0 saturated heterocycles. The second-order valence-electron chi connectivity index (χ2n) is 4.30. The summed E-state index contributed by atoms with van der Waals surface area (Å²) in [4.78, 5) is 12.0. The van der Waals surface area contributed by atoms with Crippen molar-refractivity contribution >= 4 is 21.7 Å². The van der Waals surface area contributed by atoms with Gasteiger partial charge in [0, 0.05) is 16.5 Å². The van der Waals surface area contributed by atoms with Gasteiger partial charge in [-0.25, -0.2) is 0 Å². The van der Waals surface area contributed by atoms with Gasteiger partial charge in [0.25, 0.3) is 0 Å². The van der Waals surface area contributed by atoms with E-state index in [-0.39, 0.29) is 17.8 Å². The third-order valence-corrected chi connectivity index (χ3v) is 3.32. The second kappa shape index (κ2) is 5.79. The summed E-state index contributed by atoms with van der Waals surface area (Å²) in [5.41, 5.74) is 0.0255. The Bertz CT molecular complexity index is 618. The summed E-state index contributed by atoms with van der Waals surface area (Å²) in [5, 5.41) is 0. The molecule has 0 aromatic heterocycles. The fourth-order valence-corrected chi connectivity index (χ4v) is 2.02. The van der Waals surface area contributed by atoms with Gasteiger partial charge in [0.1, 0.15) is 0 Å². The molecule has 2 aromatic rings. The third-order valence-electron chi connectivity index (χ3n) is 2.79. The largest absolute Gasteiger partial charge is 0.416 e. The zero-order chi connectivity index (χ0) is 14.8. The molecule has 0 aliphatic carbocycles. The minimum atomic E-state index is -4.44. The Morgan fingerprint density at radius 2 is 1.70 bits per heavy atom. The average Bonchev–Trinajstić information content (AvgIpc) is 2.40. The van der Waals surface area contributed by atoms with Crippen LogP contribution in [0.5, 0.6) is 0 Å². The van der Waals surface area contributed by atoms with Gasteiger partial charge in [0.2, 0.25) is 0 Å². The maximum Gasteiger partial charge on any atom is 0.416 e. The van der Waals surface area contributed by atoms with Gasteiger partial charge in [-0.2, -0.15) is 13.2 Å². The number of ketones is 1. The van der Waals surface area contributed by atoms with Crippen LogP contribution in [0, 0.1) is 0 Å². The van der Waals surface area contributed by atoms with Crippen molar-refractivity contribution in [1.29, 1.82) is 0 Å². The summed E-state index contributed by atoms with van der Waals surface area (Å²) in [6.07, 6.45) is -4.36. The highest BCUT2D eigenvalue weighted by Gasteiger charge is 2.30. The van der Waals surface area contributed by atoms with Gasteiger partial charge in [0.05, 0.1) is 5.56 Å². The molecule has 0 aliphatic rings. The number of halogens is 4. The van der Waals surface area contributed by atoms with E-state index in [9.17, 15) is 18.0 Å². The lowest BCUT2D eigenvalue weighted by Gasteiger charge is -2.08. The molecule has 104 valence electrons. The molecule has 0 saturated carbocycles. The van der Waals surface area contributed by atoms with Crippen LogP contribution in [-0.4, -0.2) is 5.78 Å². The van der Waals surface area contributed by atoms with Crippen LogP contribution < -0.4 is 0 Å². The quantitative estimate of drug-likeness (QED) is 0.725. The number of carbonyl (C=O) groups is 1. The van der Waals surface area contributed by atoms with Crippen molar-refractivity contribution in [3.63, 3.8) is 0 Å². The SMILES string of the molecule is O=C(Cc1ccc(Br)cc1)c1cccc(C(F)(F)F)c1. The molecular formula is C15H10BrF3O. The highest BCUT2D eigenvalue weighted by Crippen LogP contribution is 2.29. The van der Waals surface area contributed by atoms with Crippen LogP contribution >= 0.6 is 15.9 Å². The maximum absolute atomic E-state index is 12.6. The van der Waals surface area contributed by atoms with Gasteiger partial charge in [-0.3, -0.25) is 4.79 Å².